The molecule has 0 aliphatic heterocycles. The average molecular weight is 311 g/mol. The second kappa shape index (κ2) is 6.99. The summed E-state index contributed by atoms with van der Waals surface area (Å²) < 4.78 is 5.86. The molecular weight excluding hydrogens is 293 g/mol. The Hall–Kier alpha value is -0.450. The lowest BCUT2D eigenvalue weighted by Crippen LogP contribution is -2.11. The average Bonchev–Trinajstić information content (AvgIpc) is 2.18. The molecule has 0 aromatic heterocycles. The largest absolute Gasteiger partial charge is 0.504 e. The van der Waals surface area contributed by atoms with Crippen LogP contribution < -0.4 is 10.5 Å². The predicted octanol–water partition coefficient (Wildman–Crippen LogP) is 3.39. The Morgan fingerprint density at radius 3 is 2.62 bits per heavy atom. The Bertz CT molecular complexity index is 347. The van der Waals surface area contributed by atoms with Gasteiger partial charge in [0.05, 0.1) is 7.11 Å². The van der Waals surface area contributed by atoms with Gasteiger partial charge < -0.3 is 15.6 Å². The molecule has 0 radical (unpaired) electrons. The molecular formula is C11H17BrClNO2. The molecule has 0 aliphatic rings. The van der Waals surface area contributed by atoms with Crippen LogP contribution in [0, 0.1) is 0 Å². The molecule has 16 heavy (non-hydrogen) atoms. The van der Waals surface area contributed by atoms with Crippen LogP contribution >= 0.6 is 28.3 Å². The van der Waals surface area contributed by atoms with E-state index in [0.717, 1.165) is 22.9 Å². The van der Waals surface area contributed by atoms with Crippen molar-refractivity contribution in [3.8, 4) is 11.5 Å². The molecule has 0 unspecified atom stereocenters. The van der Waals surface area contributed by atoms with Gasteiger partial charge >= 0.3 is 0 Å². The smallest absolute Gasteiger partial charge is 0.163 e. The van der Waals surface area contributed by atoms with Crippen molar-refractivity contribution in [2.45, 2.75) is 25.8 Å². The van der Waals surface area contributed by atoms with Gasteiger partial charge in [0, 0.05) is 16.1 Å². The highest BCUT2D eigenvalue weighted by atomic mass is 79.9. The van der Waals surface area contributed by atoms with Gasteiger partial charge in [-0.25, -0.2) is 0 Å². The molecule has 0 saturated heterocycles. The third kappa shape index (κ3) is 3.27. The number of ether oxygens (including phenoxy) is 1. The number of halogens is 2. The van der Waals surface area contributed by atoms with Crippen LogP contribution in [0.1, 0.15) is 31.4 Å². The third-order valence-corrected chi connectivity index (χ3v) is 3.01. The SMILES string of the molecule is CCC[C@H](N)c1c(Br)ccc(OC)c1O.Cl. The molecule has 0 spiro atoms. The summed E-state index contributed by atoms with van der Waals surface area (Å²) in [5.74, 6) is 0.590. The summed E-state index contributed by atoms with van der Waals surface area (Å²) >= 11 is 3.39. The summed E-state index contributed by atoms with van der Waals surface area (Å²) in [6.45, 7) is 2.06. The number of benzene rings is 1. The lowest BCUT2D eigenvalue weighted by molar-refractivity contribution is 0.367. The minimum atomic E-state index is -0.167. The van der Waals surface area contributed by atoms with E-state index in [9.17, 15) is 5.11 Å². The number of nitrogens with two attached hydrogens (primary N) is 1. The van der Waals surface area contributed by atoms with E-state index in [1.807, 2.05) is 6.07 Å². The second-order valence-corrected chi connectivity index (χ2v) is 4.26. The van der Waals surface area contributed by atoms with Crippen LogP contribution in [0.5, 0.6) is 11.5 Å². The van der Waals surface area contributed by atoms with E-state index in [-0.39, 0.29) is 24.2 Å². The first kappa shape index (κ1) is 15.6. The van der Waals surface area contributed by atoms with Crippen LogP contribution in [0.3, 0.4) is 0 Å². The van der Waals surface area contributed by atoms with Crippen molar-refractivity contribution in [1.82, 2.24) is 0 Å². The van der Waals surface area contributed by atoms with Gasteiger partial charge in [-0.2, -0.15) is 0 Å². The molecule has 3 nitrogen and oxygen atoms in total. The van der Waals surface area contributed by atoms with E-state index in [0.29, 0.717) is 5.75 Å². The zero-order valence-corrected chi connectivity index (χ0v) is 11.8. The number of hydrogen-bond acceptors (Lipinski definition) is 3. The first-order valence-electron chi connectivity index (χ1n) is 4.92. The molecule has 0 aliphatic carbocycles. The fraction of sp³-hybridized carbons (Fsp3) is 0.455. The van der Waals surface area contributed by atoms with Crippen LogP contribution in [0.2, 0.25) is 0 Å². The standard InChI is InChI=1S/C11H16BrNO2.ClH/c1-3-4-8(13)10-7(12)5-6-9(15-2)11(10)14;/h5-6,8,14H,3-4,13H2,1-2H3;1H/t8-;/m0./s1. The lowest BCUT2D eigenvalue weighted by Gasteiger charge is -2.16. The molecule has 1 rings (SSSR count). The third-order valence-electron chi connectivity index (χ3n) is 2.32. The number of phenolic OH excluding ortho intramolecular Hbond substituents is 1. The van der Waals surface area contributed by atoms with E-state index in [4.69, 9.17) is 10.5 Å². The second-order valence-electron chi connectivity index (χ2n) is 3.41. The van der Waals surface area contributed by atoms with Crippen molar-refractivity contribution >= 4 is 28.3 Å². The number of rotatable bonds is 4. The molecule has 1 aromatic carbocycles. The van der Waals surface area contributed by atoms with Crippen molar-refractivity contribution in [2.75, 3.05) is 7.11 Å². The molecule has 0 amide bonds. The summed E-state index contributed by atoms with van der Waals surface area (Å²) in [6.07, 6.45) is 1.81. The van der Waals surface area contributed by atoms with Crippen molar-refractivity contribution in [3.63, 3.8) is 0 Å². The summed E-state index contributed by atoms with van der Waals surface area (Å²) in [5, 5.41) is 9.93. The van der Waals surface area contributed by atoms with Gasteiger partial charge in [0.2, 0.25) is 0 Å². The topological polar surface area (TPSA) is 55.5 Å². The fourth-order valence-corrected chi connectivity index (χ4v) is 2.15. The summed E-state index contributed by atoms with van der Waals surface area (Å²) in [7, 11) is 1.53. The number of hydrogen-bond donors (Lipinski definition) is 2. The summed E-state index contributed by atoms with van der Waals surface area (Å²) in [4.78, 5) is 0. The zero-order chi connectivity index (χ0) is 11.4. The number of phenols is 1. The lowest BCUT2D eigenvalue weighted by atomic mass is 10.0. The van der Waals surface area contributed by atoms with Gasteiger partial charge in [0.15, 0.2) is 11.5 Å². The zero-order valence-electron chi connectivity index (χ0n) is 9.37. The van der Waals surface area contributed by atoms with Gasteiger partial charge in [-0.05, 0) is 18.6 Å². The Balaban J connectivity index is 0.00000225. The summed E-state index contributed by atoms with van der Waals surface area (Å²) in [6, 6.07) is 3.38. The van der Waals surface area contributed by atoms with Crippen LogP contribution in [0.15, 0.2) is 16.6 Å². The Morgan fingerprint density at radius 2 is 2.12 bits per heavy atom. The molecule has 92 valence electrons. The van der Waals surface area contributed by atoms with Gasteiger partial charge in [0.1, 0.15) is 0 Å². The summed E-state index contributed by atoms with van der Waals surface area (Å²) in [5.41, 5.74) is 6.70. The molecule has 3 N–H and O–H groups in total. The number of aromatic hydroxyl groups is 1. The maximum atomic E-state index is 9.93. The van der Waals surface area contributed by atoms with Crippen molar-refractivity contribution in [3.05, 3.63) is 22.2 Å². The molecule has 0 fully saturated rings. The van der Waals surface area contributed by atoms with Gasteiger partial charge in [-0.1, -0.05) is 29.3 Å². The molecule has 1 atom stereocenters. The first-order valence-corrected chi connectivity index (χ1v) is 5.72. The highest BCUT2D eigenvalue weighted by molar-refractivity contribution is 9.10. The van der Waals surface area contributed by atoms with Crippen molar-refractivity contribution < 1.29 is 9.84 Å². The van der Waals surface area contributed by atoms with Crippen LogP contribution in [0.25, 0.3) is 0 Å². The Labute approximate surface area is 111 Å². The van der Waals surface area contributed by atoms with E-state index in [1.165, 1.54) is 7.11 Å². The minimum Gasteiger partial charge on any atom is -0.504 e. The molecule has 0 bridgehead atoms. The normalized spacial score (nSPS) is 11.8. The van der Waals surface area contributed by atoms with Gasteiger partial charge in [-0.3, -0.25) is 0 Å². The number of methoxy groups -OCH3 is 1. The molecule has 5 heteroatoms. The van der Waals surface area contributed by atoms with Gasteiger partial charge in [-0.15, -0.1) is 12.4 Å². The fourth-order valence-electron chi connectivity index (χ4n) is 1.54. The monoisotopic (exact) mass is 309 g/mol. The van der Waals surface area contributed by atoms with Crippen LogP contribution in [-0.4, -0.2) is 12.2 Å². The van der Waals surface area contributed by atoms with Crippen LogP contribution in [0.4, 0.5) is 0 Å². The van der Waals surface area contributed by atoms with Crippen molar-refractivity contribution in [1.29, 1.82) is 0 Å². The maximum absolute atomic E-state index is 9.93. The molecule has 1 aromatic rings. The quantitative estimate of drug-likeness (QED) is 0.896. The first-order chi connectivity index (χ1) is 7.11. The van der Waals surface area contributed by atoms with E-state index >= 15 is 0 Å². The van der Waals surface area contributed by atoms with Crippen LogP contribution in [-0.2, 0) is 0 Å². The molecule has 0 heterocycles. The van der Waals surface area contributed by atoms with E-state index in [2.05, 4.69) is 22.9 Å². The van der Waals surface area contributed by atoms with E-state index in [1.54, 1.807) is 6.07 Å². The van der Waals surface area contributed by atoms with E-state index < -0.39 is 0 Å². The molecule has 0 saturated carbocycles. The Morgan fingerprint density at radius 1 is 1.50 bits per heavy atom. The predicted molar refractivity (Wildman–Crippen MR) is 71.4 cm³/mol. The Kier molecular flexibility index (Phi) is 6.79. The highest BCUT2D eigenvalue weighted by Gasteiger charge is 2.17. The van der Waals surface area contributed by atoms with Crippen molar-refractivity contribution in [2.24, 2.45) is 5.73 Å². The maximum Gasteiger partial charge on any atom is 0.163 e. The highest BCUT2D eigenvalue weighted by Crippen LogP contribution is 2.39. The van der Waals surface area contributed by atoms with Gasteiger partial charge in [0.25, 0.3) is 0 Å². The minimum absolute atomic E-state index is 0.